The maximum absolute atomic E-state index is 12.8. The van der Waals surface area contributed by atoms with Crippen LogP contribution >= 0.6 is 0 Å². The van der Waals surface area contributed by atoms with Gasteiger partial charge in [0.15, 0.2) is 6.29 Å². The Balaban J connectivity index is 1.65. The van der Waals surface area contributed by atoms with Gasteiger partial charge >= 0.3 is 5.97 Å². The van der Waals surface area contributed by atoms with Crippen LogP contribution in [-0.2, 0) is 19.7 Å². The van der Waals surface area contributed by atoms with E-state index < -0.39 is 6.29 Å². The summed E-state index contributed by atoms with van der Waals surface area (Å²) in [5.74, 6) is -0.262. The summed E-state index contributed by atoms with van der Waals surface area (Å²) in [6, 6.07) is 8.65. The average Bonchev–Trinajstić information content (AvgIpc) is 3.33. The Morgan fingerprint density at radius 2 is 2.22 bits per heavy atom. The van der Waals surface area contributed by atoms with E-state index in [4.69, 9.17) is 9.47 Å². The lowest BCUT2D eigenvalue weighted by Gasteiger charge is -2.56. The van der Waals surface area contributed by atoms with Crippen molar-refractivity contribution in [1.29, 1.82) is 0 Å². The van der Waals surface area contributed by atoms with E-state index in [1.165, 1.54) is 12.7 Å². The fourth-order valence-corrected chi connectivity index (χ4v) is 7.00. The van der Waals surface area contributed by atoms with Crippen molar-refractivity contribution >= 4 is 11.7 Å². The zero-order valence-corrected chi connectivity index (χ0v) is 15.4. The van der Waals surface area contributed by atoms with Crippen LogP contribution in [-0.4, -0.2) is 54.6 Å². The Kier molecular flexibility index (Phi) is 3.06. The second-order valence-corrected chi connectivity index (χ2v) is 8.66. The molecule has 6 rings (SSSR count). The summed E-state index contributed by atoms with van der Waals surface area (Å²) in [7, 11) is 1.45. The molecule has 0 amide bonds. The van der Waals surface area contributed by atoms with Gasteiger partial charge in [0.2, 0.25) is 0 Å². The maximum atomic E-state index is 12.8. The number of hydrogen-bond acceptors (Lipinski definition) is 6. The van der Waals surface area contributed by atoms with Gasteiger partial charge in [-0.1, -0.05) is 18.2 Å². The van der Waals surface area contributed by atoms with Crippen molar-refractivity contribution in [3.05, 3.63) is 41.1 Å². The molecule has 1 aliphatic carbocycles. The molecule has 4 aliphatic heterocycles. The Morgan fingerprint density at radius 1 is 1.37 bits per heavy atom. The number of para-hydroxylation sites is 1. The summed E-state index contributed by atoms with van der Waals surface area (Å²) < 4.78 is 11.2. The van der Waals surface area contributed by atoms with Crippen molar-refractivity contribution < 1.29 is 19.4 Å². The van der Waals surface area contributed by atoms with E-state index in [9.17, 15) is 9.90 Å². The van der Waals surface area contributed by atoms with Gasteiger partial charge in [-0.2, -0.15) is 0 Å². The topological polar surface area (TPSA) is 71.0 Å². The van der Waals surface area contributed by atoms with Crippen LogP contribution in [0.2, 0.25) is 0 Å². The van der Waals surface area contributed by atoms with E-state index in [-0.39, 0.29) is 28.9 Å². The minimum Gasteiger partial charge on any atom is -0.466 e. The van der Waals surface area contributed by atoms with E-state index in [2.05, 4.69) is 28.4 Å². The van der Waals surface area contributed by atoms with Gasteiger partial charge in [-0.05, 0) is 37.4 Å². The molecule has 1 aromatic carbocycles. The van der Waals surface area contributed by atoms with Crippen LogP contribution in [0.3, 0.4) is 0 Å². The smallest absolute Gasteiger partial charge is 0.335 e. The predicted octanol–water partition coefficient (Wildman–Crippen LogP) is 1.75. The number of ether oxygens (including phenoxy) is 2. The van der Waals surface area contributed by atoms with Crippen molar-refractivity contribution in [2.75, 3.05) is 25.5 Å². The molecule has 1 aromatic rings. The van der Waals surface area contributed by atoms with Crippen molar-refractivity contribution in [2.24, 2.45) is 5.41 Å². The number of aliphatic hydroxyl groups excluding tert-OH is 1. The molecule has 142 valence electrons. The lowest BCUT2D eigenvalue weighted by molar-refractivity contribution is -0.138. The monoisotopic (exact) mass is 368 g/mol. The highest BCUT2D eigenvalue weighted by atomic mass is 16.6. The van der Waals surface area contributed by atoms with Crippen LogP contribution < -0.4 is 5.32 Å². The maximum Gasteiger partial charge on any atom is 0.335 e. The molecule has 3 saturated heterocycles. The summed E-state index contributed by atoms with van der Waals surface area (Å²) in [4.78, 5) is 15.4. The second-order valence-electron chi connectivity index (χ2n) is 8.66. The zero-order valence-electron chi connectivity index (χ0n) is 15.4. The quantitative estimate of drug-likeness (QED) is 0.736. The Bertz CT molecular complexity index is 883. The van der Waals surface area contributed by atoms with E-state index in [0.29, 0.717) is 12.8 Å². The van der Waals surface area contributed by atoms with Gasteiger partial charge in [0.05, 0.1) is 24.2 Å². The number of benzene rings is 1. The third-order valence-electron chi connectivity index (χ3n) is 7.72. The van der Waals surface area contributed by atoms with E-state index in [0.717, 1.165) is 42.9 Å². The molecule has 0 aromatic heterocycles. The van der Waals surface area contributed by atoms with E-state index in [1.807, 2.05) is 6.07 Å². The number of piperidine rings is 1. The molecule has 5 aliphatic rings. The highest BCUT2D eigenvalue weighted by Crippen LogP contribution is 2.67. The third kappa shape index (κ3) is 1.75. The molecular weight excluding hydrogens is 344 g/mol. The van der Waals surface area contributed by atoms with Gasteiger partial charge < -0.3 is 19.9 Å². The highest BCUT2D eigenvalue weighted by molar-refractivity contribution is 5.93. The van der Waals surface area contributed by atoms with Crippen molar-refractivity contribution in [3.63, 3.8) is 0 Å². The van der Waals surface area contributed by atoms with Gasteiger partial charge in [-0.3, -0.25) is 4.90 Å². The van der Waals surface area contributed by atoms with Crippen LogP contribution in [0.5, 0.6) is 0 Å². The summed E-state index contributed by atoms with van der Waals surface area (Å²) in [6.07, 6.45) is 2.29. The number of esters is 1. The lowest BCUT2D eigenvalue weighted by Crippen LogP contribution is -2.63. The number of carbonyl (C=O) groups excluding carboxylic acids is 1. The van der Waals surface area contributed by atoms with Gasteiger partial charge in [0, 0.05) is 35.8 Å². The molecule has 0 saturated carbocycles. The molecule has 2 spiro atoms. The zero-order chi connectivity index (χ0) is 18.4. The molecule has 27 heavy (non-hydrogen) atoms. The summed E-state index contributed by atoms with van der Waals surface area (Å²) in [6.45, 7) is 1.98. The Labute approximate surface area is 158 Å². The minimum absolute atomic E-state index is 0.0160. The summed E-state index contributed by atoms with van der Waals surface area (Å²) >= 11 is 0. The largest absolute Gasteiger partial charge is 0.466 e. The van der Waals surface area contributed by atoms with Crippen molar-refractivity contribution in [3.8, 4) is 0 Å². The first-order chi connectivity index (χ1) is 13.1. The molecule has 6 nitrogen and oxygen atoms in total. The van der Waals surface area contributed by atoms with Crippen molar-refractivity contribution in [1.82, 2.24) is 4.90 Å². The average molecular weight is 368 g/mol. The first-order valence-corrected chi connectivity index (χ1v) is 9.86. The molecular formula is C21H24N2O4. The molecule has 2 N–H and O–H groups in total. The number of nitrogens with one attached hydrogen (secondary N) is 1. The Hall–Kier alpha value is -1.89. The fourth-order valence-electron chi connectivity index (χ4n) is 7.00. The molecule has 0 radical (unpaired) electrons. The minimum atomic E-state index is -0.752. The number of fused-ring (bicyclic) bond motifs is 1. The van der Waals surface area contributed by atoms with Crippen LogP contribution in [0, 0.1) is 5.41 Å². The number of methoxy groups -OCH3 is 1. The van der Waals surface area contributed by atoms with Crippen LogP contribution in [0.1, 0.15) is 31.2 Å². The molecule has 4 heterocycles. The van der Waals surface area contributed by atoms with Gasteiger partial charge in [-0.25, -0.2) is 4.79 Å². The van der Waals surface area contributed by atoms with Gasteiger partial charge in [0.1, 0.15) is 0 Å². The van der Waals surface area contributed by atoms with E-state index >= 15 is 0 Å². The van der Waals surface area contributed by atoms with Gasteiger partial charge in [-0.15, -0.1) is 0 Å². The SMILES string of the molecule is COC(=O)C1=C2Nc3ccccc3C23CCN2CCC4OC(O)CC4(C1)C23. The number of aliphatic hydroxyl groups is 1. The summed E-state index contributed by atoms with van der Waals surface area (Å²) in [5, 5.41) is 14.0. The van der Waals surface area contributed by atoms with Crippen LogP contribution in [0.4, 0.5) is 5.69 Å². The Morgan fingerprint density at radius 3 is 3.07 bits per heavy atom. The number of hydrogen-bond donors (Lipinski definition) is 2. The number of anilines is 1. The third-order valence-corrected chi connectivity index (χ3v) is 7.72. The highest BCUT2D eigenvalue weighted by Gasteiger charge is 2.71. The second kappa shape index (κ2) is 5.13. The van der Waals surface area contributed by atoms with Crippen LogP contribution in [0.25, 0.3) is 0 Å². The normalized spacial score (nSPS) is 41.5. The molecule has 0 bridgehead atoms. The first kappa shape index (κ1) is 16.1. The summed E-state index contributed by atoms with van der Waals surface area (Å²) in [5.41, 5.74) is 3.63. The molecule has 6 heteroatoms. The number of rotatable bonds is 1. The fraction of sp³-hybridized carbons (Fsp3) is 0.571. The number of nitrogens with zero attached hydrogens (tertiary/aromatic N) is 1. The van der Waals surface area contributed by atoms with E-state index in [1.54, 1.807) is 0 Å². The standard InChI is InChI=1S/C21H24N2O4/c1-26-18(25)12-10-20-11-16(24)27-15(20)6-8-23-9-7-21(19(20)23)13-4-2-3-5-14(13)22-17(12)21/h2-5,15-16,19,22,24H,6-11H2,1H3. The molecule has 3 fully saturated rings. The molecule has 5 atom stereocenters. The first-order valence-electron chi connectivity index (χ1n) is 9.86. The van der Waals surface area contributed by atoms with Gasteiger partial charge in [0.25, 0.3) is 0 Å². The lowest BCUT2D eigenvalue weighted by atomic mass is 9.53. The predicted molar refractivity (Wildman–Crippen MR) is 97.9 cm³/mol. The van der Waals surface area contributed by atoms with Crippen LogP contribution in [0.15, 0.2) is 35.5 Å². The van der Waals surface area contributed by atoms with Crippen molar-refractivity contribution in [2.45, 2.75) is 49.5 Å². The molecule has 5 unspecified atom stereocenters. The number of carbonyl (C=O) groups is 1.